The van der Waals surface area contributed by atoms with E-state index in [0.717, 1.165) is 5.75 Å². The zero-order valence-electron chi connectivity index (χ0n) is 15.0. The fourth-order valence-corrected chi connectivity index (χ4v) is 2.54. The summed E-state index contributed by atoms with van der Waals surface area (Å²) >= 11 is 0. The van der Waals surface area contributed by atoms with Gasteiger partial charge in [0.2, 0.25) is 0 Å². The number of hydrogen-bond donors (Lipinski definition) is 2. The quantitative estimate of drug-likeness (QED) is 0.578. The monoisotopic (exact) mass is 377 g/mol. The lowest BCUT2D eigenvalue weighted by Gasteiger charge is -2.10. The Bertz CT molecular complexity index is 939. The molecule has 0 heterocycles. The summed E-state index contributed by atoms with van der Waals surface area (Å²) in [6, 6.07) is 22.4. The van der Waals surface area contributed by atoms with Crippen molar-refractivity contribution < 1.29 is 24.2 Å². The summed E-state index contributed by atoms with van der Waals surface area (Å²) in [5.74, 6) is -0.207. The van der Waals surface area contributed by atoms with Crippen LogP contribution in [0.5, 0.6) is 11.5 Å². The van der Waals surface area contributed by atoms with Crippen molar-refractivity contribution in [3.05, 3.63) is 90.0 Å². The summed E-state index contributed by atoms with van der Waals surface area (Å²) in [6.45, 7) is 0.793. The first kappa shape index (κ1) is 19.0. The Hall–Kier alpha value is -3.80. The molecule has 0 saturated carbocycles. The van der Waals surface area contributed by atoms with Crippen molar-refractivity contribution in [3.63, 3.8) is 0 Å². The zero-order valence-corrected chi connectivity index (χ0v) is 15.0. The van der Waals surface area contributed by atoms with Gasteiger partial charge < -0.3 is 19.9 Å². The lowest BCUT2D eigenvalue weighted by molar-refractivity contribution is 0.0692. The van der Waals surface area contributed by atoms with E-state index in [2.05, 4.69) is 5.32 Å². The molecule has 0 aliphatic heterocycles. The molecule has 0 unspecified atom stereocenters. The van der Waals surface area contributed by atoms with Crippen LogP contribution >= 0.6 is 0 Å². The molecule has 0 aliphatic rings. The number of carboxylic acids is 1. The van der Waals surface area contributed by atoms with Gasteiger partial charge in [0.15, 0.2) is 0 Å². The molecule has 0 saturated heterocycles. The molecule has 0 spiro atoms. The van der Waals surface area contributed by atoms with Crippen molar-refractivity contribution in [2.24, 2.45) is 0 Å². The third kappa shape index (κ3) is 5.11. The van der Waals surface area contributed by atoms with E-state index in [4.69, 9.17) is 9.47 Å². The van der Waals surface area contributed by atoms with Gasteiger partial charge >= 0.3 is 5.97 Å². The lowest BCUT2D eigenvalue weighted by atomic mass is 10.1. The average Bonchev–Trinajstić information content (AvgIpc) is 2.73. The van der Waals surface area contributed by atoms with Gasteiger partial charge in [0, 0.05) is 5.69 Å². The van der Waals surface area contributed by atoms with Crippen LogP contribution in [0.25, 0.3) is 0 Å². The number of hydrogen-bond acceptors (Lipinski definition) is 4. The minimum atomic E-state index is -1.15. The van der Waals surface area contributed by atoms with Crippen molar-refractivity contribution >= 4 is 17.6 Å². The van der Waals surface area contributed by atoms with E-state index >= 15 is 0 Å². The largest absolute Gasteiger partial charge is 0.490 e. The van der Waals surface area contributed by atoms with Crippen molar-refractivity contribution in [1.82, 2.24) is 0 Å². The Labute approximate surface area is 162 Å². The molecule has 6 nitrogen and oxygen atoms in total. The first-order chi connectivity index (χ1) is 13.6. The number of amides is 1. The zero-order chi connectivity index (χ0) is 19.8. The van der Waals surface area contributed by atoms with Crippen LogP contribution < -0.4 is 14.8 Å². The maximum Gasteiger partial charge on any atom is 0.336 e. The number of benzene rings is 3. The fourth-order valence-electron chi connectivity index (χ4n) is 2.54. The van der Waals surface area contributed by atoms with E-state index in [1.54, 1.807) is 36.4 Å². The number of carboxylic acid groups (broad SMARTS) is 1. The van der Waals surface area contributed by atoms with E-state index in [1.807, 2.05) is 30.3 Å². The molecular weight excluding hydrogens is 358 g/mol. The molecule has 0 fully saturated rings. The maximum absolute atomic E-state index is 12.3. The van der Waals surface area contributed by atoms with Gasteiger partial charge in [-0.25, -0.2) is 4.79 Å². The van der Waals surface area contributed by atoms with Gasteiger partial charge in [-0.2, -0.15) is 0 Å². The first-order valence-corrected chi connectivity index (χ1v) is 8.68. The molecule has 28 heavy (non-hydrogen) atoms. The van der Waals surface area contributed by atoms with Crippen molar-refractivity contribution in [1.29, 1.82) is 0 Å². The van der Waals surface area contributed by atoms with Crippen LogP contribution in [0.1, 0.15) is 20.7 Å². The Balaban J connectivity index is 1.52. The van der Waals surface area contributed by atoms with Crippen LogP contribution in [0.15, 0.2) is 78.9 Å². The Morgan fingerprint density at radius 2 is 1.25 bits per heavy atom. The van der Waals surface area contributed by atoms with E-state index < -0.39 is 11.9 Å². The third-order valence-corrected chi connectivity index (χ3v) is 3.88. The predicted molar refractivity (Wildman–Crippen MR) is 105 cm³/mol. The topological polar surface area (TPSA) is 84.9 Å². The van der Waals surface area contributed by atoms with Gasteiger partial charge in [-0.3, -0.25) is 4.79 Å². The highest BCUT2D eigenvalue weighted by Crippen LogP contribution is 2.18. The standard InChI is InChI=1S/C22H19NO5/c24-21(19-8-4-5-9-20(19)22(25)26)23-16-10-12-18(13-11-16)28-15-14-27-17-6-2-1-3-7-17/h1-13H,14-15H2,(H,23,24)(H,25,26). The Kier molecular flexibility index (Phi) is 6.25. The molecule has 0 aromatic heterocycles. The molecule has 142 valence electrons. The lowest BCUT2D eigenvalue weighted by Crippen LogP contribution is -2.16. The summed E-state index contributed by atoms with van der Waals surface area (Å²) in [5.41, 5.74) is 0.602. The summed E-state index contributed by atoms with van der Waals surface area (Å²) in [6.07, 6.45) is 0. The fraction of sp³-hybridized carbons (Fsp3) is 0.0909. The molecule has 0 aliphatic carbocycles. The molecule has 3 rings (SSSR count). The van der Waals surface area contributed by atoms with Crippen LogP contribution in [0, 0.1) is 0 Å². The smallest absolute Gasteiger partial charge is 0.336 e. The van der Waals surface area contributed by atoms with Crippen LogP contribution in [0.3, 0.4) is 0 Å². The second-order valence-corrected chi connectivity index (χ2v) is 5.84. The minimum Gasteiger partial charge on any atom is -0.490 e. The van der Waals surface area contributed by atoms with Gasteiger partial charge in [0.25, 0.3) is 5.91 Å². The number of anilines is 1. The highest BCUT2D eigenvalue weighted by Gasteiger charge is 2.15. The Morgan fingerprint density at radius 1 is 0.714 bits per heavy atom. The van der Waals surface area contributed by atoms with Gasteiger partial charge in [0.05, 0.1) is 11.1 Å². The summed E-state index contributed by atoms with van der Waals surface area (Å²) in [4.78, 5) is 23.6. The summed E-state index contributed by atoms with van der Waals surface area (Å²) in [7, 11) is 0. The molecule has 3 aromatic rings. The van der Waals surface area contributed by atoms with Crippen LogP contribution in [0.4, 0.5) is 5.69 Å². The summed E-state index contributed by atoms with van der Waals surface area (Å²) < 4.78 is 11.2. The number of carbonyl (C=O) groups is 2. The van der Waals surface area contributed by atoms with E-state index in [0.29, 0.717) is 24.7 Å². The molecule has 2 N–H and O–H groups in total. The predicted octanol–water partition coefficient (Wildman–Crippen LogP) is 4.09. The minimum absolute atomic E-state index is 0.0432. The van der Waals surface area contributed by atoms with Gasteiger partial charge in [-0.15, -0.1) is 0 Å². The van der Waals surface area contributed by atoms with Crippen LogP contribution in [-0.2, 0) is 0 Å². The number of ether oxygens (including phenoxy) is 2. The number of rotatable bonds is 8. The number of nitrogens with one attached hydrogen (secondary N) is 1. The number of aromatic carboxylic acids is 1. The van der Waals surface area contributed by atoms with E-state index in [9.17, 15) is 14.7 Å². The van der Waals surface area contributed by atoms with Crippen LogP contribution in [-0.4, -0.2) is 30.2 Å². The second-order valence-electron chi connectivity index (χ2n) is 5.84. The second kappa shape index (κ2) is 9.23. The number of carbonyl (C=O) groups excluding carboxylic acids is 1. The molecular formula is C22H19NO5. The molecule has 3 aromatic carbocycles. The third-order valence-electron chi connectivity index (χ3n) is 3.88. The molecule has 6 heteroatoms. The normalized spacial score (nSPS) is 10.1. The molecule has 0 radical (unpaired) electrons. The highest BCUT2D eigenvalue weighted by atomic mass is 16.5. The van der Waals surface area contributed by atoms with E-state index in [1.165, 1.54) is 12.1 Å². The average molecular weight is 377 g/mol. The first-order valence-electron chi connectivity index (χ1n) is 8.68. The van der Waals surface area contributed by atoms with E-state index in [-0.39, 0.29) is 11.1 Å². The maximum atomic E-state index is 12.3. The molecule has 0 bridgehead atoms. The highest BCUT2D eigenvalue weighted by molar-refractivity contribution is 6.10. The SMILES string of the molecule is O=C(O)c1ccccc1C(=O)Nc1ccc(OCCOc2ccccc2)cc1. The van der Waals surface area contributed by atoms with Crippen LogP contribution in [0.2, 0.25) is 0 Å². The number of para-hydroxylation sites is 1. The van der Waals surface area contributed by atoms with Crippen molar-refractivity contribution in [2.45, 2.75) is 0 Å². The van der Waals surface area contributed by atoms with Crippen molar-refractivity contribution in [3.8, 4) is 11.5 Å². The van der Waals surface area contributed by atoms with Gasteiger partial charge in [-0.1, -0.05) is 30.3 Å². The molecule has 0 atom stereocenters. The van der Waals surface area contributed by atoms with Gasteiger partial charge in [0.1, 0.15) is 24.7 Å². The molecule has 1 amide bonds. The van der Waals surface area contributed by atoms with Gasteiger partial charge in [-0.05, 0) is 48.5 Å². The summed E-state index contributed by atoms with van der Waals surface area (Å²) in [5, 5.41) is 11.9. The Morgan fingerprint density at radius 3 is 1.86 bits per heavy atom. The van der Waals surface area contributed by atoms with Crippen molar-refractivity contribution in [2.75, 3.05) is 18.5 Å².